The average Bonchev–Trinajstić information content (AvgIpc) is 1.59. The summed E-state index contributed by atoms with van der Waals surface area (Å²) in [6, 6.07) is 0. The van der Waals surface area contributed by atoms with E-state index < -0.39 is 5.97 Å². The van der Waals surface area contributed by atoms with E-state index in [1.807, 2.05) is 0 Å². The zero-order chi connectivity index (χ0) is 9.65. The van der Waals surface area contributed by atoms with E-state index >= 15 is 0 Å². The van der Waals surface area contributed by atoms with E-state index in [9.17, 15) is 4.79 Å². The van der Waals surface area contributed by atoms with Gasteiger partial charge in [-0.1, -0.05) is 20.8 Å². The summed E-state index contributed by atoms with van der Waals surface area (Å²) in [5, 5.41) is 7.42. The largest absolute Gasteiger partial charge is 0.481 e. The molecule has 0 heterocycles. The van der Waals surface area contributed by atoms with Crippen LogP contribution in [0.1, 0.15) is 27.7 Å². The quantitative estimate of drug-likeness (QED) is 0.546. The van der Waals surface area contributed by atoms with Gasteiger partial charge in [0.1, 0.15) is 0 Å². The third kappa shape index (κ3) is 17.6. The van der Waals surface area contributed by atoms with E-state index in [1.165, 1.54) is 0 Å². The number of hydrogen-bond donors (Lipinski definition) is 2. The first-order valence-electron chi connectivity index (χ1n) is 3.17. The van der Waals surface area contributed by atoms with Crippen LogP contribution >= 0.6 is 0 Å². The van der Waals surface area contributed by atoms with Gasteiger partial charge in [0.25, 0.3) is 5.97 Å². The molecule has 0 atom stereocenters. The highest BCUT2D eigenvalue weighted by Crippen LogP contribution is 2.09. The molecule has 0 saturated carbocycles. The van der Waals surface area contributed by atoms with E-state index in [1.54, 1.807) is 20.8 Å². The summed E-state index contributed by atoms with van der Waals surface area (Å²) in [5.74, 6) is -1.09. The highest BCUT2D eigenvalue weighted by atomic mass is 16.4. The number of carboxylic acid groups (broad SMARTS) is 1. The molecule has 0 rings (SSSR count). The highest BCUT2D eigenvalue weighted by molar-refractivity contribution is 5.79. The van der Waals surface area contributed by atoms with Gasteiger partial charge in [-0.25, -0.2) is 0 Å². The number of carbonyl (C=O) groups excluding carboxylic acids is 1. The predicted octanol–water partition coefficient (Wildman–Crippen LogP) is 0.609. The Morgan fingerprint density at radius 2 is 1.36 bits per heavy atom. The van der Waals surface area contributed by atoms with Crippen LogP contribution in [0.2, 0.25) is 0 Å². The smallest absolute Gasteiger partial charge is 0.300 e. The molecule has 66 valence electrons. The maximum absolute atomic E-state index is 10.2. The molecule has 0 spiro atoms. The van der Waals surface area contributed by atoms with Crippen molar-refractivity contribution in [1.82, 2.24) is 0 Å². The van der Waals surface area contributed by atoms with Crippen LogP contribution in [0.5, 0.6) is 0 Å². The fraction of sp³-hybridized carbons (Fsp3) is 0.714. The van der Waals surface area contributed by atoms with Gasteiger partial charge in [0, 0.05) is 12.3 Å². The minimum atomic E-state index is -0.833. The maximum Gasteiger partial charge on any atom is 0.300 e. The van der Waals surface area contributed by atoms with Crippen LogP contribution in [-0.2, 0) is 9.59 Å². The number of carbonyl (C=O) groups is 2. The summed E-state index contributed by atoms with van der Waals surface area (Å²) in [7, 11) is 0. The summed E-state index contributed by atoms with van der Waals surface area (Å²) >= 11 is 0. The second-order valence-corrected chi connectivity index (χ2v) is 3.13. The summed E-state index contributed by atoms with van der Waals surface area (Å²) in [5.41, 5.74) is 4.57. The van der Waals surface area contributed by atoms with Crippen LogP contribution < -0.4 is 5.73 Å². The molecular formula is C7H15NO3. The Morgan fingerprint density at radius 3 is 1.36 bits per heavy atom. The molecule has 0 aromatic rings. The summed E-state index contributed by atoms with van der Waals surface area (Å²) in [6.07, 6.45) is 0. The normalized spacial score (nSPS) is 9.45. The number of carboxylic acids is 1. The molecule has 0 aromatic heterocycles. The standard InChI is InChI=1S/C5H11NO.C2H4O2/c1-5(2,3)4(6)7;1-2(3)4/h1-3H3,(H2,6,7);1H3,(H,3,4). The first kappa shape index (κ1) is 12.6. The Hall–Kier alpha value is -1.06. The van der Waals surface area contributed by atoms with Gasteiger partial charge in [0.15, 0.2) is 0 Å². The Balaban J connectivity index is 0. The second kappa shape index (κ2) is 4.71. The molecule has 0 aliphatic heterocycles. The van der Waals surface area contributed by atoms with Crippen LogP contribution in [0.4, 0.5) is 0 Å². The van der Waals surface area contributed by atoms with Gasteiger partial charge in [0.05, 0.1) is 0 Å². The fourth-order valence-corrected chi connectivity index (χ4v) is 0. The number of aliphatic carboxylic acids is 1. The van der Waals surface area contributed by atoms with Gasteiger partial charge in [-0.05, 0) is 0 Å². The van der Waals surface area contributed by atoms with E-state index in [0.29, 0.717) is 0 Å². The summed E-state index contributed by atoms with van der Waals surface area (Å²) in [4.78, 5) is 19.2. The minimum Gasteiger partial charge on any atom is -0.481 e. The SMILES string of the molecule is CC(=O)O.CC(C)(C)C(N)=O. The maximum atomic E-state index is 10.2. The Bertz CT molecular complexity index is 142. The van der Waals surface area contributed by atoms with Crippen LogP contribution in [0.3, 0.4) is 0 Å². The van der Waals surface area contributed by atoms with Crippen LogP contribution in [0, 0.1) is 5.41 Å². The monoisotopic (exact) mass is 161 g/mol. The van der Waals surface area contributed by atoms with Crippen molar-refractivity contribution in [3.8, 4) is 0 Å². The molecule has 0 aliphatic carbocycles. The van der Waals surface area contributed by atoms with E-state index in [4.69, 9.17) is 15.6 Å². The van der Waals surface area contributed by atoms with Crippen molar-refractivity contribution in [1.29, 1.82) is 0 Å². The number of primary amides is 1. The first-order valence-corrected chi connectivity index (χ1v) is 3.17. The number of amides is 1. The van der Waals surface area contributed by atoms with Gasteiger partial charge in [-0.15, -0.1) is 0 Å². The lowest BCUT2D eigenvalue weighted by molar-refractivity contribution is -0.134. The third-order valence-corrected chi connectivity index (χ3v) is 0.739. The summed E-state index contributed by atoms with van der Waals surface area (Å²) < 4.78 is 0. The van der Waals surface area contributed by atoms with E-state index in [0.717, 1.165) is 6.92 Å². The van der Waals surface area contributed by atoms with Crippen molar-refractivity contribution >= 4 is 11.9 Å². The van der Waals surface area contributed by atoms with Crippen LogP contribution in [0.25, 0.3) is 0 Å². The van der Waals surface area contributed by atoms with Crippen molar-refractivity contribution in [2.75, 3.05) is 0 Å². The average molecular weight is 161 g/mol. The van der Waals surface area contributed by atoms with E-state index in [2.05, 4.69) is 0 Å². The molecule has 4 heteroatoms. The molecule has 4 nitrogen and oxygen atoms in total. The highest BCUT2D eigenvalue weighted by Gasteiger charge is 2.16. The minimum absolute atomic E-state index is 0.257. The van der Waals surface area contributed by atoms with Crippen molar-refractivity contribution < 1.29 is 14.7 Å². The van der Waals surface area contributed by atoms with Gasteiger partial charge in [-0.3, -0.25) is 9.59 Å². The lowest BCUT2D eigenvalue weighted by atomic mass is 9.96. The topological polar surface area (TPSA) is 80.4 Å². The molecule has 0 saturated heterocycles. The Morgan fingerprint density at radius 1 is 1.27 bits per heavy atom. The van der Waals surface area contributed by atoms with Crippen molar-refractivity contribution in [2.45, 2.75) is 27.7 Å². The van der Waals surface area contributed by atoms with Crippen LogP contribution in [-0.4, -0.2) is 17.0 Å². The molecule has 1 amide bonds. The zero-order valence-corrected chi connectivity index (χ0v) is 7.34. The van der Waals surface area contributed by atoms with Crippen LogP contribution in [0.15, 0.2) is 0 Å². The molecule has 0 fully saturated rings. The molecule has 0 radical (unpaired) electrons. The molecule has 3 N–H and O–H groups in total. The lowest BCUT2D eigenvalue weighted by Gasteiger charge is -2.10. The number of nitrogens with two attached hydrogens (primary N) is 1. The van der Waals surface area contributed by atoms with Gasteiger partial charge in [-0.2, -0.15) is 0 Å². The summed E-state index contributed by atoms with van der Waals surface area (Å²) in [6.45, 7) is 6.44. The molecule has 0 aromatic carbocycles. The molecule has 0 aliphatic rings. The van der Waals surface area contributed by atoms with Crippen molar-refractivity contribution in [3.05, 3.63) is 0 Å². The first-order chi connectivity index (χ1) is 4.68. The van der Waals surface area contributed by atoms with E-state index in [-0.39, 0.29) is 11.3 Å². The van der Waals surface area contributed by atoms with Crippen molar-refractivity contribution in [2.24, 2.45) is 11.1 Å². The predicted molar refractivity (Wildman–Crippen MR) is 42.0 cm³/mol. The third-order valence-electron chi connectivity index (χ3n) is 0.739. The molecule has 11 heavy (non-hydrogen) atoms. The Kier molecular flexibility index (Phi) is 5.39. The van der Waals surface area contributed by atoms with Crippen molar-refractivity contribution in [3.63, 3.8) is 0 Å². The van der Waals surface area contributed by atoms with Gasteiger partial charge < -0.3 is 10.8 Å². The fourth-order valence-electron chi connectivity index (χ4n) is 0. The number of hydrogen-bond acceptors (Lipinski definition) is 2. The number of rotatable bonds is 0. The molecule has 0 bridgehead atoms. The second-order valence-electron chi connectivity index (χ2n) is 3.13. The zero-order valence-electron chi connectivity index (χ0n) is 7.34. The van der Waals surface area contributed by atoms with Gasteiger partial charge in [0.2, 0.25) is 5.91 Å². The van der Waals surface area contributed by atoms with Gasteiger partial charge >= 0.3 is 0 Å². The lowest BCUT2D eigenvalue weighted by Crippen LogP contribution is -2.27. The Labute approximate surface area is 66.4 Å². The molecular weight excluding hydrogens is 146 g/mol. The molecule has 0 unspecified atom stereocenters.